The van der Waals surface area contributed by atoms with E-state index < -0.39 is 45.6 Å². The minimum Gasteiger partial charge on any atom is -0.468 e. The molecule has 1 amide bonds. The Bertz CT molecular complexity index is 1180. The van der Waals surface area contributed by atoms with Crippen LogP contribution in [0.4, 0.5) is 18.9 Å². The SMILES string of the molecule is O=C(CN(Cc1ccco1)S(=O)(=O)/C=C/c1ccccc1)Nc1ccc(F)c(F)c1F. The van der Waals surface area contributed by atoms with E-state index in [9.17, 15) is 26.4 Å². The fraction of sp³-hybridized carbons (Fsp3) is 0.0952. The summed E-state index contributed by atoms with van der Waals surface area (Å²) in [6, 6.07) is 13.2. The molecule has 2 aromatic carbocycles. The number of furan rings is 1. The highest BCUT2D eigenvalue weighted by Crippen LogP contribution is 2.20. The molecule has 162 valence electrons. The lowest BCUT2D eigenvalue weighted by atomic mass is 10.2. The number of nitrogens with zero attached hydrogens (tertiary/aromatic N) is 1. The maximum atomic E-state index is 13.8. The zero-order valence-corrected chi connectivity index (χ0v) is 16.8. The molecule has 0 atom stereocenters. The molecule has 3 aromatic rings. The van der Waals surface area contributed by atoms with Crippen LogP contribution < -0.4 is 5.32 Å². The van der Waals surface area contributed by atoms with E-state index in [2.05, 4.69) is 5.32 Å². The second kappa shape index (κ2) is 9.63. The number of hydrogen-bond donors (Lipinski definition) is 1. The molecule has 31 heavy (non-hydrogen) atoms. The molecule has 0 saturated carbocycles. The van der Waals surface area contributed by atoms with Gasteiger partial charge < -0.3 is 9.73 Å². The Morgan fingerprint density at radius 1 is 1.00 bits per heavy atom. The molecular formula is C21H17F3N2O4S. The Labute approximate surface area is 176 Å². The largest absolute Gasteiger partial charge is 0.468 e. The van der Waals surface area contributed by atoms with E-state index in [0.29, 0.717) is 11.6 Å². The van der Waals surface area contributed by atoms with Gasteiger partial charge in [0.25, 0.3) is 0 Å². The first kappa shape index (κ1) is 22.3. The average molecular weight is 450 g/mol. The van der Waals surface area contributed by atoms with Crippen molar-refractivity contribution in [3.05, 3.63) is 95.0 Å². The van der Waals surface area contributed by atoms with Crippen LogP contribution in [0.25, 0.3) is 6.08 Å². The van der Waals surface area contributed by atoms with E-state index in [1.165, 1.54) is 18.4 Å². The lowest BCUT2D eigenvalue weighted by Gasteiger charge is -2.19. The third-order valence-corrected chi connectivity index (χ3v) is 5.59. The summed E-state index contributed by atoms with van der Waals surface area (Å²) in [5, 5.41) is 2.98. The predicted molar refractivity (Wildman–Crippen MR) is 108 cm³/mol. The summed E-state index contributed by atoms with van der Waals surface area (Å²) in [6.07, 6.45) is 2.70. The average Bonchev–Trinajstić information content (AvgIpc) is 3.26. The molecule has 10 heteroatoms. The van der Waals surface area contributed by atoms with E-state index in [-0.39, 0.29) is 12.3 Å². The number of benzene rings is 2. The lowest BCUT2D eigenvalue weighted by molar-refractivity contribution is -0.116. The second-order valence-electron chi connectivity index (χ2n) is 6.38. The molecule has 0 unspecified atom stereocenters. The van der Waals surface area contributed by atoms with Crippen molar-refractivity contribution < 1.29 is 30.8 Å². The number of hydrogen-bond acceptors (Lipinski definition) is 4. The third kappa shape index (κ3) is 5.83. The van der Waals surface area contributed by atoms with Gasteiger partial charge in [0.05, 0.1) is 25.0 Å². The van der Waals surface area contributed by atoms with Gasteiger partial charge in [-0.1, -0.05) is 30.3 Å². The summed E-state index contributed by atoms with van der Waals surface area (Å²) < 4.78 is 71.9. The van der Waals surface area contributed by atoms with Crippen LogP contribution in [0.1, 0.15) is 11.3 Å². The van der Waals surface area contributed by atoms with Crippen LogP contribution in [0.2, 0.25) is 0 Å². The van der Waals surface area contributed by atoms with Crippen LogP contribution in [0.5, 0.6) is 0 Å². The van der Waals surface area contributed by atoms with Crippen LogP contribution in [-0.2, 0) is 21.4 Å². The highest BCUT2D eigenvalue weighted by molar-refractivity contribution is 7.92. The van der Waals surface area contributed by atoms with Crippen molar-refractivity contribution in [1.29, 1.82) is 0 Å². The fourth-order valence-electron chi connectivity index (χ4n) is 2.60. The van der Waals surface area contributed by atoms with Crippen molar-refractivity contribution in [3.63, 3.8) is 0 Å². The molecule has 0 spiro atoms. The Kier molecular flexibility index (Phi) is 6.93. The molecule has 0 saturated heterocycles. The van der Waals surface area contributed by atoms with Gasteiger partial charge in [0.2, 0.25) is 15.9 Å². The maximum Gasteiger partial charge on any atom is 0.239 e. The third-order valence-electron chi connectivity index (χ3n) is 4.13. The Morgan fingerprint density at radius 3 is 2.42 bits per heavy atom. The molecule has 0 aliphatic heterocycles. The zero-order chi connectivity index (χ0) is 22.4. The zero-order valence-electron chi connectivity index (χ0n) is 16.0. The minimum absolute atomic E-state index is 0.267. The van der Waals surface area contributed by atoms with Crippen LogP contribution in [0.15, 0.2) is 70.7 Å². The van der Waals surface area contributed by atoms with Crippen molar-refractivity contribution in [2.24, 2.45) is 0 Å². The predicted octanol–water partition coefficient (Wildman–Crippen LogP) is 4.14. The summed E-state index contributed by atoms with van der Waals surface area (Å²) >= 11 is 0. The highest BCUT2D eigenvalue weighted by atomic mass is 32.2. The number of rotatable bonds is 8. The normalized spacial score (nSPS) is 11.9. The van der Waals surface area contributed by atoms with E-state index in [1.54, 1.807) is 36.4 Å². The van der Waals surface area contributed by atoms with Gasteiger partial charge in [-0.2, -0.15) is 4.31 Å². The number of sulfonamides is 1. The first-order chi connectivity index (χ1) is 14.8. The van der Waals surface area contributed by atoms with Gasteiger partial charge in [-0.05, 0) is 35.9 Å². The summed E-state index contributed by atoms with van der Waals surface area (Å²) in [7, 11) is -4.10. The molecule has 0 aliphatic rings. The maximum absolute atomic E-state index is 13.8. The number of nitrogens with one attached hydrogen (secondary N) is 1. The topological polar surface area (TPSA) is 79.6 Å². The first-order valence-corrected chi connectivity index (χ1v) is 10.5. The van der Waals surface area contributed by atoms with Gasteiger partial charge in [0.15, 0.2) is 17.5 Å². The number of carbonyl (C=O) groups excluding carboxylic acids is 1. The molecule has 6 nitrogen and oxygen atoms in total. The van der Waals surface area contributed by atoms with Crippen molar-refractivity contribution in [2.45, 2.75) is 6.54 Å². The van der Waals surface area contributed by atoms with E-state index in [1.807, 2.05) is 0 Å². The first-order valence-electron chi connectivity index (χ1n) is 8.95. The molecule has 0 aliphatic carbocycles. The Balaban J connectivity index is 1.81. The van der Waals surface area contributed by atoms with Crippen LogP contribution in [-0.4, -0.2) is 25.2 Å². The van der Waals surface area contributed by atoms with E-state index in [4.69, 9.17) is 4.42 Å². The van der Waals surface area contributed by atoms with E-state index >= 15 is 0 Å². The molecule has 3 rings (SSSR count). The standard InChI is InChI=1S/C21H17F3N2O4S/c22-17-8-9-18(21(24)20(17)23)25-19(27)14-26(13-16-7-4-11-30-16)31(28,29)12-10-15-5-2-1-3-6-15/h1-12H,13-14H2,(H,25,27)/b12-10+. The van der Waals surface area contributed by atoms with Gasteiger partial charge in [0, 0.05) is 5.41 Å². The van der Waals surface area contributed by atoms with Crippen LogP contribution in [0, 0.1) is 17.5 Å². The summed E-state index contributed by atoms with van der Waals surface area (Å²) in [5.74, 6) is -5.43. The minimum atomic E-state index is -4.10. The highest BCUT2D eigenvalue weighted by Gasteiger charge is 2.25. The number of amides is 1. The molecule has 0 radical (unpaired) electrons. The van der Waals surface area contributed by atoms with Gasteiger partial charge in [0.1, 0.15) is 5.76 Å². The van der Waals surface area contributed by atoms with Crippen molar-refractivity contribution in [2.75, 3.05) is 11.9 Å². The molecule has 0 bridgehead atoms. The smallest absolute Gasteiger partial charge is 0.239 e. The summed E-state index contributed by atoms with van der Waals surface area (Å²) in [5.41, 5.74) is 0.0106. The van der Waals surface area contributed by atoms with Gasteiger partial charge in [-0.15, -0.1) is 0 Å². The van der Waals surface area contributed by atoms with Crippen molar-refractivity contribution in [1.82, 2.24) is 4.31 Å². The molecule has 0 fully saturated rings. The Hall–Kier alpha value is -3.37. The monoisotopic (exact) mass is 450 g/mol. The molecular weight excluding hydrogens is 433 g/mol. The lowest BCUT2D eigenvalue weighted by Crippen LogP contribution is -2.36. The number of anilines is 1. The van der Waals surface area contributed by atoms with Gasteiger partial charge >= 0.3 is 0 Å². The summed E-state index contributed by atoms with van der Waals surface area (Å²) in [4.78, 5) is 12.4. The van der Waals surface area contributed by atoms with Gasteiger partial charge in [-0.25, -0.2) is 21.6 Å². The molecule has 1 heterocycles. The quantitative estimate of drug-likeness (QED) is 0.523. The summed E-state index contributed by atoms with van der Waals surface area (Å²) in [6.45, 7) is -0.997. The second-order valence-corrected chi connectivity index (χ2v) is 8.20. The molecule has 1 aromatic heterocycles. The van der Waals surface area contributed by atoms with Crippen molar-refractivity contribution in [3.8, 4) is 0 Å². The van der Waals surface area contributed by atoms with Gasteiger partial charge in [-0.3, -0.25) is 4.79 Å². The Morgan fingerprint density at radius 2 is 1.74 bits per heavy atom. The molecule has 1 N–H and O–H groups in total. The number of carbonyl (C=O) groups is 1. The van der Waals surface area contributed by atoms with E-state index in [0.717, 1.165) is 15.8 Å². The fourth-order valence-corrected chi connectivity index (χ4v) is 3.70. The van der Waals surface area contributed by atoms with Crippen LogP contribution in [0.3, 0.4) is 0 Å². The number of halogens is 3. The van der Waals surface area contributed by atoms with Crippen molar-refractivity contribution >= 4 is 27.7 Å². The van der Waals surface area contributed by atoms with Crippen LogP contribution >= 0.6 is 0 Å².